The average Bonchev–Trinajstić information content (AvgIpc) is 3.13. The molecular formula is C20H19ClN2O5. The van der Waals surface area contributed by atoms with Crippen LogP contribution in [0, 0.1) is 0 Å². The Labute approximate surface area is 166 Å². The van der Waals surface area contributed by atoms with Crippen molar-refractivity contribution in [1.29, 1.82) is 0 Å². The molecule has 2 aromatic carbocycles. The fraction of sp³-hybridized carbons (Fsp3) is 0.200. The second kappa shape index (κ2) is 8.67. The van der Waals surface area contributed by atoms with Crippen molar-refractivity contribution in [3.05, 3.63) is 58.8 Å². The molecule has 2 amide bonds. The molecule has 0 aliphatic carbocycles. The van der Waals surface area contributed by atoms with Crippen LogP contribution >= 0.6 is 11.6 Å². The molecule has 3 aromatic rings. The smallest absolute Gasteiger partial charge is 0.305 e. The van der Waals surface area contributed by atoms with Crippen molar-refractivity contribution in [2.75, 3.05) is 13.7 Å². The van der Waals surface area contributed by atoms with Gasteiger partial charge in [0.05, 0.1) is 13.7 Å². The van der Waals surface area contributed by atoms with Gasteiger partial charge in [-0.25, -0.2) is 0 Å². The third-order valence-electron chi connectivity index (χ3n) is 3.88. The zero-order chi connectivity index (χ0) is 20.1. The topological polar surface area (TPSA) is 89.8 Å². The van der Waals surface area contributed by atoms with Gasteiger partial charge in [-0.05, 0) is 48.9 Å². The number of hydrogen-bond donors (Lipinski definition) is 2. The van der Waals surface area contributed by atoms with Gasteiger partial charge in [-0.1, -0.05) is 18.5 Å². The summed E-state index contributed by atoms with van der Waals surface area (Å²) in [7, 11) is 1.49. The van der Waals surface area contributed by atoms with Gasteiger partial charge in [0, 0.05) is 16.0 Å². The van der Waals surface area contributed by atoms with Gasteiger partial charge < -0.3 is 13.9 Å². The van der Waals surface area contributed by atoms with E-state index in [-0.39, 0.29) is 5.76 Å². The number of nitrogens with one attached hydrogen (secondary N) is 2. The number of hydrogen-bond acceptors (Lipinski definition) is 5. The molecule has 0 saturated heterocycles. The highest BCUT2D eigenvalue weighted by Gasteiger charge is 2.15. The van der Waals surface area contributed by atoms with Crippen LogP contribution in [0.1, 0.15) is 34.3 Å². The van der Waals surface area contributed by atoms with Crippen LogP contribution < -0.4 is 20.3 Å². The number of halogens is 1. The van der Waals surface area contributed by atoms with Crippen LogP contribution in [0.4, 0.5) is 0 Å². The van der Waals surface area contributed by atoms with Gasteiger partial charge in [0.25, 0.3) is 5.91 Å². The number of amides is 2. The van der Waals surface area contributed by atoms with Gasteiger partial charge in [0.2, 0.25) is 0 Å². The SMILES string of the molecule is CCCOc1ccc(C(=O)NNC(=O)c2cc3cc(Cl)ccc3o2)cc1OC. The molecule has 0 radical (unpaired) electrons. The monoisotopic (exact) mass is 402 g/mol. The quantitative estimate of drug-likeness (QED) is 0.609. The summed E-state index contributed by atoms with van der Waals surface area (Å²) in [5.74, 6) is -0.0608. The van der Waals surface area contributed by atoms with E-state index in [2.05, 4.69) is 10.9 Å². The first kappa shape index (κ1) is 19.6. The zero-order valence-corrected chi connectivity index (χ0v) is 16.1. The molecule has 28 heavy (non-hydrogen) atoms. The lowest BCUT2D eigenvalue weighted by Gasteiger charge is -2.12. The van der Waals surface area contributed by atoms with Crippen molar-refractivity contribution in [3.8, 4) is 11.5 Å². The van der Waals surface area contributed by atoms with E-state index in [9.17, 15) is 9.59 Å². The van der Waals surface area contributed by atoms with Crippen LogP contribution in [0.2, 0.25) is 5.02 Å². The second-order valence-corrected chi connectivity index (χ2v) is 6.35. The van der Waals surface area contributed by atoms with Crippen molar-refractivity contribution in [2.45, 2.75) is 13.3 Å². The third kappa shape index (κ3) is 4.37. The van der Waals surface area contributed by atoms with Crippen LogP contribution in [0.15, 0.2) is 46.9 Å². The van der Waals surface area contributed by atoms with Crippen molar-refractivity contribution >= 4 is 34.4 Å². The number of carbonyl (C=O) groups is 2. The normalized spacial score (nSPS) is 10.5. The Morgan fingerprint density at radius 2 is 1.82 bits per heavy atom. The summed E-state index contributed by atoms with van der Waals surface area (Å²) in [6.45, 7) is 2.54. The van der Waals surface area contributed by atoms with Crippen LogP contribution in [-0.4, -0.2) is 25.5 Å². The first-order valence-electron chi connectivity index (χ1n) is 8.62. The number of hydrazine groups is 1. The number of rotatable bonds is 6. The maximum Gasteiger partial charge on any atom is 0.305 e. The molecule has 0 spiro atoms. The van der Waals surface area contributed by atoms with Crippen molar-refractivity contribution in [1.82, 2.24) is 10.9 Å². The predicted molar refractivity (Wildman–Crippen MR) is 105 cm³/mol. The summed E-state index contributed by atoms with van der Waals surface area (Å²) in [5.41, 5.74) is 5.49. The fourth-order valence-corrected chi connectivity index (χ4v) is 2.69. The molecule has 3 rings (SSSR count). The fourth-order valence-electron chi connectivity index (χ4n) is 2.51. The molecule has 0 atom stereocenters. The summed E-state index contributed by atoms with van der Waals surface area (Å²) >= 11 is 5.92. The molecule has 0 aliphatic rings. The molecule has 146 valence electrons. The number of fused-ring (bicyclic) bond motifs is 1. The van der Waals surface area contributed by atoms with Gasteiger partial charge in [0.15, 0.2) is 17.3 Å². The average molecular weight is 403 g/mol. The lowest BCUT2D eigenvalue weighted by atomic mass is 10.2. The number of ether oxygens (including phenoxy) is 2. The summed E-state index contributed by atoms with van der Waals surface area (Å²) in [4.78, 5) is 24.6. The van der Waals surface area contributed by atoms with E-state index in [0.717, 1.165) is 6.42 Å². The van der Waals surface area contributed by atoms with E-state index in [1.807, 2.05) is 6.92 Å². The minimum absolute atomic E-state index is 0.0541. The lowest BCUT2D eigenvalue weighted by molar-refractivity contribution is 0.0832. The van der Waals surface area contributed by atoms with Gasteiger partial charge >= 0.3 is 5.91 Å². The van der Waals surface area contributed by atoms with Crippen molar-refractivity contribution in [3.63, 3.8) is 0 Å². The molecule has 2 N–H and O–H groups in total. The maximum atomic E-state index is 12.3. The predicted octanol–water partition coefficient (Wildman–Crippen LogP) is 3.96. The molecule has 1 aromatic heterocycles. The molecule has 0 saturated carbocycles. The Bertz CT molecular complexity index is 1010. The van der Waals surface area contributed by atoms with E-state index in [4.69, 9.17) is 25.5 Å². The molecule has 7 nitrogen and oxygen atoms in total. The molecule has 8 heteroatoms. The number of benzene rings is 2. The van der Waals surface area contributed by atoms with Crippen molar-refractivity contribution in [2.24, 2.45) is 0 Å². The molecular weight excluding hydrogens is 384 g/mol. The highest BCUT2D eigenvalue weighted by molar-refractivity contribution is 6.31. The summed E-state index contributed by atoms with van der Waals surface area (Å²) in [6.07, 6.45) is 0.853. The Morgan fingerprint density at radius 1 is 1.04 bits per heavy atom. The largest absolute Gasteiger partial charge is 0.493 e. The first-order chi connectivity index (χ1) is 13.5. The van der Waals surface area contributed by atoms with Crippen LogP contribution in [0.25, 0.3) is 11.0 Å². The molecule has 0 unspecified atom stereocenters. The highest BCUT2D eigenvalue weighted by atomic mass is 35.5. The van der Waals surface area contributed by atoms with Gasteiger partial charge in [-0.2, -0.15) is 0 Å². The lowest BCUT2D eigenvalue weighted by Crippen LogP contribution is -2.41. The summed E-state index contributed by atoms with van der Waals surface area (Å²) in [6, 6.07) is 11.3. The maximum absolute atomic E-state index is 12.3. The van der Waals surface area contributed by atoms with Gasteiger partial charge in [-0.15, -0.1) is 0 Å². The molecule has 0 fully saturated rings. The van der Waals surface area contributed by atoms with E-state index >= 15 is 0 Å². The van der Waals surface area contributed by atoms with E-state index in [1.54, 1.807) is 36.4 Å². The van der Waals surface area contributed by atoms with Crippen LogP contribution in [-0.2, 0) is 0 Å². The Hall–Kier alpha value is -3.19. The molecule has 1 heterocycles. The standard InChI is InChI=1S/C20H19ClN2O5/c1-3-8-27-16-6-4-12(10-17(16)26-2)19(24)22-23-20(25)18-11-13-9-14(21)5-7-15(13)28-18/h4-7,9-11H,3,8H2,1-2H3,(H,22,24)(H,23,25). The summed E-state index contributed by atoms with van der Waals surface area (Å²) in [5, 5.41) is 1.23. The Balaban J connectivity index is 1.66. The van der Waals surface area contributed by atoms with Crippen LogP contribution in [0.3, 0.4) is 0 Å². The third-order valence-corrected chi connectivity index (χ3v) is 4.11. The van der Waals surface area contributed by atoms with Gasteiger partial charge in [0.1, 0.15) is 5.58 Å². The minimum atomic E-state index is -0.587. The molecule has 0 bridgehead atoms. The minimum Gasteiger partial charge on any atom is -0.493 e. The van der Waals surface area contributed by atoms with Gasteiger partial charge in [-0.3, -0.25) is 20.4 Å². The van der Waals surface area contributed by atoms with Crippen LogP contribution in [0.5, 0.6) is 11.5 Å². The second-order valence-electron chi connectivity index (χ2n) is 5.92. The Kier molecular flexibility index (Phi) is 6.06. The summed E-state index contributed by atoms with van der Waals surface area (Å²) < 4.78 is 16.3. The number of furan rings is 1. The Morgan fingerprint density at radius 3 is 2.57 bits per heavy atom. The first-order valence-corrected chi connectivity index (χ1v) is 9.00. The van der Waals surface area contributed by atoms with E-state index in [0.29, 0.717) is 39.7 Å². The highest BCUT2D eigenvalue weighted by Crippen LogP contribution is 2.28. The molecule has 0 aliphatic heterocycles. The zero-order valence-electron chi connectivity index (χ0n) is 15.4. The number of carbonyl (C=O) groups excluding carboxylic acids is 2. The van der Waals surface area contributed by atoms with E-state index in [1.165, 1.54) is 13.2 Å². The van der Waals surface area contributed by atoms with Crippen molar-refractivity contribution < 1.29 is 23.5 Å². The number of methoxy groups -OCH3 is 1. The van der Waals surface area contributed by atoms with E-state index < -0.39 is 11.8 Å².